The summed E-state index contributed by atoms with van der Waals surface area (Å²) in [6.45, 7) is 4.38. The molecule has 1 unspecified atom stereocenters. The minimum absolute atomic E-state index is 0.0427. The number of halogens is 1. The van der Waals surface area contributed by atoms with Crippen LogP contribution in [0.15, 0.2) is 47.3 Å². The van der Waals surface area contributed by atoms with E-state index in [1.54, 1.807) is 29.2 Å². The average Bonchev–Trinajstić information content (AvgIpc) is 3.15. The zero-order valence-electron chi connectivity index (χ0n) is 18.1. The second-order valence-corrected chi connectivity index (χ2v) is 8.88. The number of hydrogen-bond donors (Lipinski definition) is 1. The molecular weight excluding hydrogens is 411 g/mol. The van der Waals surface area contributed by atoms with Gasteiger partial charge in [0, 0.05) is 24.9 Å². The Kier molecular flexibility index (Phi) is 5.06. The number of ether oxygens (including phenoxy) is 1. The van der Waals surface area contributed by atoms with Gasteiger partial charge in [0.25, 0.3) is 11.5 Å². The van der Waals surface area contributed by atoms with Crippen molar-refractivity contribution in [1.29, 1.82) is 0 Å². The number of nitrogens with zero attached hydrogens (tertiary/aromatic N) is 3. The van der Waals surface area contributed by atoms with Crippen molar-refractivity contribution in [3.8, 4) is 0 Å². The Bertz CT molecular complexity index is 1260. The number of amides is 1. The molecule has 0 bridgehead atoms. The molecule has 32 heavy (non-hydrogen) atoms. The van der Waals surface area contributed by atoms with Gasteiger partial charge in [0.05, 0.1) is 35.8 Å². The van der Waals surface area contributed by atoms with Crippen LogP contribution in [-0.2, 0) is 11.2 Å². The van der Waals surface area contributed by atoms with E-state index in [0.29, 0.717) is 37.2 Å². The number of nitrogens with one attached hydrogen (secondary N) is 1. The highest BCUT2D eigenvalue weighted by Crippen LogP contribution is 2.33. The first kappa shape index (κ1) is 20.8. The minimum Gasteiger partial charge on any atom is -0.370 e. The third-order valence-corrected chi connectivity index (χ3v) is 6.71. The number of fused-ring (bicyclic) bond motifs is 2. The van der Waals surface area contributed by atoms with Crippen LogP contribution in [0.2, 0.25) is 0 Å². The van der Waals surface area contributed by atoms with E-state index in [-0.39, 0.29) is 23.1 Å². The first-order valence-corrected chi connectivity index (χ1v) is 10.7. The molecule has 166 valence electrons. The molecule has 8 heteroatoms. The smallest absolute Gasteiger partial charge is 0.272 e. The third kappa shape index (κ3) is 3.49. The Morgan fingerprint density at radius 3 is 2.84 bits per heavy atom. The van der Waals surface area contributed by atoms with Crippen molar-refractivity contribution in [2.24, 2.45) is 0 Å². The Labute approximate surface area is 184 Å². The van der Waals surface area contributed by atoms with Gasteiger partial charge in [-0.2, -0.15) is 5.10 Å². The molecule has 2 aromatic carbocycles. The molecule has 3 heterocycles. The maximum atomic E-state index is 14.7. The molecule has 2 fully saturated rings. The number of H-pyrrole nitrogens is 1. The van der Waals surface area contributed by atoms with Crippen LogP contribution in [0.5, 0.6) is 0 Å². The number of likely N-dealkylation sites (tertiary alicyclic amines) is 1. The lowest BCUT2D eigenvalue weighted by Crippen LogP contribution is -2.56. The standard InChI is InChI=1S/C24H25FN4O3/c1-24-14-29(13-21(24)28(2)9-10-32-24)23(31)18-11-15(7-8-19(18)25)12-20-16-5-3-4-6-17(16)22(30)27-26-20/h3-8,11,21H,9-10,12-14H2,1-2H3,(H,27,30)/t21-,24?/m0/s1. The van der Waals surface area contributed by atoms with Crippen molar-refractivity contribution in [2.75, 3.05) is 33.3 Å². The van der Waals surface area contributed by atoms with Crippen molar-refractivity contribution < 1.29 is 13.9 Å². The summed E-state index contributed by atoms with van der Waals surface area (Å²) in [5.74, 6) is -0.886. The summed E-state index contributed by atoms with van der Waals surface area (Å²) in [6.07, 6.45) is 0.365. The Morgan fingerprint density at radius 2 is 2.06 bits per heavy atom. The molecular formula is C24H25FN4O3. The SMILES string of the molecule is CN1CCOC2(C)CN(C(=O)c3cc(Cc4n[nH]c(=O)c5ccccc45)ccc3F)C[C@H]12. The van der Waals surface area contributed by atoms with Crippen molar-refractivity contribution >= 4 is 16.7 Å². The second-order valence-electron chi connectivity index (χ2n) is 8.88. The lowest BCUT2D eigenvalue weighted by molar-refractivity contribution is -0.106. The topological polar surface area (TPSA) is 78.5 Å². The van der Waals surface area contributed by atoms with Crippen molar-refractivity contribution in [2.45, 2.75) is 25.0 Å². The number of benzene rings is 2. The predicted octanol–water partition coefficient (Wildman–Crippen LogP) is 2.20. The number of aromatic amines is 1. The van der Waals surface area contributed by atoms with Crippen LogP contribution in [0.3, 0.4) is 0 Å². The van der Waals surface area contributed by atoms with Gasteiger partial charge in [-0.05, 0) is 37.7 Å². The summed E-state index contributed by atoms with van der Waals surface area (Å²) in [7, 11) is 2.03. The van der Waals surface area contributed by atoms with Gasteiger partial charge in [0.1, 0.15) is 11.4 Å². The highest BCUT2D eigenvalue weighted by atomic mass is 19.1. The molecule has 1 aromatic heterocycles. The first-order chi connectivity index (χ1) is 15.4. The van der Waals surface area contributed by atoms with Gasteiger partial charge in [-0.1, -0.05) is 24.3 Å². The van der Waals surface area contributed by atoms with E-state index in [9.17, 15) is 14.0 Å². The quantitative estimate of drug-likeness (QED) is 0.681. The summed E-state index contributed by atoms with van der Waals surface area (Å²) in [6, 6.07) is 11.9. The van der Waals surface area contributed by atoms with Gasteiger partial charge in [0.15, 0.2) is 0 Å². The van der Waals surface area contributed by atoms with Crippen LogP contribution in [0.25, 0.3) is 10.8 Å². The molecule has 0 spiro atoms. The van der Waals surface area contributed by atoms with Crippen molar-refractivity contribution in [3.63, 3.8) is 0 Å². The van der Waals surface area contributed by atoms with Crippen LogP contribution in [0.4, 0.5) is 4.39 Å². The van der Waals surface area contributed by atoms with Crippen molar-refractivity contribution in [1.82, 2.24) is 20.0 Å². The normalized spacial score (nSPS) is 23.5. The van der Waals surface area contributed by atoms with Gasteiger partial charge in [0.2, 0.25) is 0 Å². The first-order valence-electron chi connectivity index (χ1n) is 10.7. The van der Waals surface area contributed by atoms with E-state index in [2.05, 4.69) is 15.1 Å². The molecule has 2 aliphatic rings. The molecule has 1 amide bonds. The number of carbonyl (C=O) groups excluding carboxylic acids is 1. The van der Waals surface area contributed by atoms with E-state index < -0.39 is 11.4 Å². The number of likely N-dealkylation sites (N-methyl/N-ethyl adjacent to an activating group) is 1. The monoisotopic (exact) mass is 436 g/mol. The van der Waals surface area contributed by atoms with Gasteiger partial charge < -0.3 is 9.64 Å². The van der Waals surface area contributed by atoms with Gasteiger partial charge in [-0.15, -0.1) is 0 Å². The van der Waals surface area contributed by atoms with Crippen LogP contribution in [-0.4, -0.2) is 70.8 Å². The summed E-state index contributed by atoms with van der Waals surface area (Å²) < 4.78 is 20.7. The molecule has 7 nitrogen and oxygen atoms in total. The maximum absolute atomic E-state index is 14.7. The molecule has 2 atom stereocenters. The number of hydrogen-bond acceptors (Lipinski definition) is 5. The van der Waals surface area contributed by atoms with E-state index in [4.69, 9.17) is 4.74 Å². The van der Waals surface area contributed by atoms with Gasteiger partial charge in [-0.25, -0.2) is 9.49 Å². The Hall–Kier alpha value is -3.10. The van der Waals surface area contributed by atoms with E-state index in [1.165, 1.54) is 6.07 Å². The Morgan fingerprint density at radius 1 is 1.28 bits per heavy atom. The van der Waals surface area contributed by atoms with Crippen LogP contribution in [0, 0.1) is 5.82 Å². The molecule has 3 aromatic rings. The number of aromatic nitrogens is 2. The second kappa shape index (κ2) is 7.79. The highest BCUT2D eigenvalue weighted by Gasteiger charge is 2.49. The summed E-state index contributed by atoms with van der Waals surface area (Å²) in [5.41, 5.74) is 0.752. The number of carbonyl (C=O) groups is 1. The van der Waals surface area contributed by atoms with Gasteiger partial charge in [-0.3, -0.25) is 14.5 Å². The van der Waals surface area contributed by atoms with Crippen LogP contribution in [0.1, 0.15) is 28.5 Å². The van der Waals surface area contributed by atoms with E-state index in [0.717, 1.165) is 17.5 Å². The molecule has 0 aliphatic carbocycles. The minimum atomic E-state index is -0.549. The molecule has 5 rings (SSSR count). The number of rotatable bonds is 3. The van der Waals surface area contributed by atoms with E-state index in [1.807, 2.05) is 26.1 Å². The molecule has 2 aliphatic heterocycles. The molecule has 1 N–H and O–H groups in total. The van der Waals surface area contributed by atoms with Crippen LogP contribution >= 0.6 is 0 Å². The predicted molar refractivity (Wildman–Crippen MR) is 118 cm³/mol. The zero-order chi connectivity index (χ0) is 22.5. The fourth-order valence-electron chi connectivity index (χ4n) is 4.95. The van der Waals surface area contributed by atoms with Gasteiger partial charge >= 0.3 is 0 Å². The third-order valence-electron chi connectivity index (χ3n) is 6.71. The fraction of sp³-hybridized carbons (Fsp3) is 0.375. The van der Waals surface area contributed by atoms with Crippen molar-refractivity contribution in [3.05, 3.63) is 75.5 Å². The highest BCUT2D eigenvalue weighted by molar-refractivity contribution is 5.95. The average molecular weight is 436 g/mol. The zero-order valence-corrected chi connectivity index (χ0v) is 18.1. The lowest BCUT2D eigenvalue weighted by atomic mass is 9.97. The number of morpholine rings is 1. The summed E-state index contributed by atoms with van der Waals surface area (Å²) in [5, 5.41) is 8.00. The molecule has 2 saturated heterocycles. The molecule has 0 saturated carbocycles. The van der Waals surface area contributed by atoms with Crippen LogP contribution < -0.4 is 5.56 Å². The van der Waals surface area contributed by atoms with E-state index >= 15 is 0 Å². The molecule has 0 radical (unpaired) electrons. The Balaban J connectivity index is 1.43. The summed E-state index contributed by atoms with van der Waals surface area (Å²) in [4.78, 5) is 29.2. The summed E-state index contributed by atoms with van der Waals surface area (Å²) >= 11 is 0. The largest absolute Gasteiger partial charge is 0.370 e. The maximum Gasteiger partial charge on any atom is 0.272 e. The fourth-order valence-corrected chi connectivity index (χ4v) is 4.95. The lowest BCUT2D eigenvalue weighted by Gasteiger charge is -2.41.